The molecule has 0 fully saturated rings. The minimum Gasteiger partial charge on any atom is -0.480 e. The molecule has 1 rings (SSSR count). The topological polar surface area (TPSA) is 100 Å². The third-order valence-electron chi connectivity index (χ3n) is 1.44. The van der Waals surface area contributed by atoms with Gasteiger partial charge in [0.25, 0.3) is 0 Å². The van der Waals surface area contributed by atoms with Crippen molar-refractivity contribution < 1.29 is 19.8 Å². The number of hydrogen-bond donors (Lipinski definition) is 2. The summed E-state index contributed by atoms with van der Waals surface area (Å²) in [5, 5.41) is 24.3. The number of carboxylic acids is 2. The molecule has 1 aromatic rings. The van der Waals surface area contributed by atoms with E-state index in [1.165, 1.54) is 12.1 Å². The third kappa shape index (κ3) is 2.37. The Hall–Kier alpha value is -1.25. The van der Waals surface area contributed by atoms with Crippen LogP contribution in [-0.4, -0.2) is 32.3 Å². The Labute approximate surface area is 92.1 Å². The molecule has 6 nitrogen and oxygen atoms in total. The Balaban J connectivity index is 3.06. The van der Waals surface area contributed by atoms with Crippen LogP contribution in [0.25, 0.3) is 0 Å². The number of nitrogens with zero attached hydrogens (tertiary/aromatic N) is 2. The van der Waals surface area contributed by atoms with Gasteiger partial charge in [-0.25, -0.2) is 0 Å². The molecule has 0 saturated carbocycles. The number of rotatable bonds is 3. The summed E-state index contributed by atoms with van der Waals surface area (Å²) >= 11 is 1.89. The molecule has 0 aliphatic carbocycles. The number of aromatic nitrogens is 2. The first kappa shape index (κ1) is 10.8. The summed E-state index contributed by atoms with van der Waals surface area (Å²) in [4.78, 5) is 21.2. The zero-order valence-corrected chi connectivity index (χ0v) is 8.87. The fourth-order valence-electron chi connectivity index (χ4n) is 0.839. The molecule has 0 atom stereocenters. The van der Waals surface area contributed by atoms with Gasteiger partial charge in [-0.1, -0.05) is 0 Å². The van der Waals surface area contributed by atoms with Crippen LogP contribution in [0.5, 0.6) is 0 Å². The van der Waals surface area contributed by atoms with Crippen LogP contribution in [0.15, 0.2) is 12.1 Å². The number of hydrogen-bond acceptors (Lipinski definition) is 4. The zero-order chi connectivity index (χ0) is 10.7. The highest BCUT2D eigenvalue weighted by Crippen LogP contribution is 2.13. The van der Waals surface area contributed by atoms with Crippen molar-refractivity contribution in [3.63, 3.8) is 0 Å². The smallest absolute Gasteiger partial charge is 0.324 e. The number of aliphatic carboxylic acids is 2. The van der Waals surface area contributed by atoms with E-state index >= 15 is 0 Å². The van der Waals surface area contributed by atoms with Crippen molar-refractivity contribution in [3.05, 3.63) is 21.5 Å². The highest BCUT2D eigenvalue weighted by molar-refractivity contribution is 14.1. The maximum atomic E-state index is 10.6. The van der Waals surface area contributed by atoms with Crippen molar-refractivity contribution >= 4 is 34.5 Å². The van der Waals surface area contributed by atoms with E-state index < -0.39 is 17.9 Å². The van der Waals surface area contributed by atoms with Crippen molar-refractivity contribution in [2.45, 2.75) is 5.92 Å². The SMILES string of the molecule is O=C(O)C(C(=O)O)c1ccc(I)nn1. The van der Waals surface area contributed by atoms with Gasteiger partial charge in [-0.2, -0.15) is 5.10 Å². The molecule has 0 aliphatic heterocycles. The summed E-state index contributed by atoms with van der Waals surface area (Å²) in [7, 11) is 0. The van der Waals surface area contributed by atoms with Gasteiger partial charge in [-0.05, 0) is 34.7 Å². The number of halogens is 1. The fourth-order valence-corrected chi connectivity index (χ4v) is 1.13. The second-order valence-electron chi connectivity index (χ2n) is 2.39. The van der Waals surface area contributed by atoms with Gasteiger partial charge in [0, 0.05) is 0 Å². The van der Waals surface area contributed by atoms with E-state index in [0.717, 1.165) is 0 Å². The lowest BCUT2D eigenvalue weighted by Gasteiger charge is -2.04. The molecule has 7 heteroatoms. The summed E-state index contributed by atoms with van der Waals surface area (Å²) in [5.41, 5.74) is -0.0783. The maximum Gasteiger partial charge on any atom is 0.324 e. The summed E-state index contributed by atoms with van der Waals surface area (Å²) in [6, 6.07) is 2.84. The fraction of sp³-hybridized carbons (Fsp3) is 0.143. The van der Waals surface area contributed by atoms with Gasteiger partial charge in [0.15, 0.2) is 5.92 Å². The summed E-state index contributed by atoms with van der Waals surface area (Å²) in [6.07, 6.45) is 0. The molecule has 0 amide bonds. The van der Waals surface area contributed by atoms with Crippen molar-refractivity contribution in [2.75, 3.05) is 0 Å². The molecule has 0 radical (unpaired) electrons. The second-order valence-corrected chi connectivity index (χ2v) is 3.50. The van der Waals surface area contributed by atoms with Crippen LogP contribution in [0, 0.1) is 3.70 Å². The maximum absolute atomic E-state index is 10.6. The summed E-state index contributed by atoms with van der Waals surface area (Å²) < 4.78 is 0.570. The lowest BCUT2D eigenvalue weighted by atomic mass is 10.1. The Morgan fingerprint density at radius 3 is 2.14 bits per heavy atom. The first-order valence-corrected chi connectivity index (χ1v) is 4.55. The van der Waals surface area contributed by atoms with E-state index in [2.05, 4.69) is 10.2 Å². The molecule has 0 spiro atoms. The van der Waals surface area contributed by atoms with Crippen molar-refractivity contribution in [2.24, 2.45) is 0 Å². The molecule has 1 aromatic heterocycles. The van der Waals surface area contributed by atoms with Gasteiger partial charge in [0.2, 0.25) is 0 Å². The highest BCUT2D eigenvalue weighted by Gasteiger charge is 2.29. The standard InChI is InChI=1S/C7H5IN2O4/c8-4-2-1-3(9-10-4)5(6(11)12)7(13)14/h1-2,5H,(H,11,12)(H,13,14). The third-order valence-corrected chi connectivity index (χ3v) is 2.02. The first-order valence-electron chi connectivity index (χ1n) is 3.47. The van der Waals surface area contributed by atoms with Gasteiger partial charge in [0.1, 0.15) is 3.70 Å². The first-order chi connectivity index (χ1) is 6.52. The van der Waals surface area contributed by atoms with Gasteiger partial charge in [-0.3, -0.25) is 9.59 Å². The average molecular weight is 308 g/mol. The molecule has 14 heavy (non-hydrogen) atoms. The summed E-state index contributed by atoms with van der Waals surface area (Å²) in [5.74, 6) is -4.56. The Bertz CT molecular complexity index is 350. The van der Waals surface area contributed by atoms with Crippen LogP contribution in [0.2, 0.25) is 0 Å². The van der Waals surface area contributed by atoms with E-state index in [-0.39, 0.29) is 5.69 Å². The molecule has 0 aliphatic rings. The molecular weight excluding hydrogens is 303 g/mol. The lowest BCUT2D eigenvalue weighted by Crippen LogP contribution is -2.22. The predicted molar refractivity (Wildman–Crippen MR) is 52.8 cm³/mol. The molecule has 2 N–H and O–H groups in total. The zero-order valence-electron chi connectivity index (χ0n) is 6.72. The van der Waals surface area contributed by atoms with Gasteiger partial charge in [0.05, 0.1) is 5.69 Å². The normalized spacial score (nSPS) is 10.1. The van der Waals surface area contributed by atoms with Crippen molar-refractivity contribution in [1.29, 1.82) is 0 Å². The van der Waals surface area contributed by atoms with Crippen LogP contribution in [-0.2, 0) is 9.59 Å². The van der Waals surface area contributed by atoms with Crippen LogP contribution in [0.1, 0.15) is 11.6 Å². The largest absolute Gasteiger partial charge is 0.480 e. The second kappa shape index (κ2) is 4.31. The van der Waals surface area contributed by atoms with Crippen LogP contribution >= 0.6 is 22.6 Å². The summed E-state index contributed by atoms with van der Waals surface area (Å²) in [6.45, 7) is 0. The van der Waals surface area contributed by atoms with Crippen molar-refractivity contribution in [3.8, 4) is 0 Å². The molecular formula is C7H5IN2O4. The van der Waals surface area contributed by atoms with E-state index in [0.29, 0.717) is 3.70 Å². The quantitative estimate of drug-likeness (QED) is 0.617. The monoisotopic (exact) mass is 308 g/mol. The van der Waals surface area contributed by atoms with E-state index in [9.17, 15) is 9.59 Å². The molecule has 0 bridgehead atoms. The molecule has 0 unspecified atom stereocenters. The minimum atomic E-state index is -1.65. The van der Waals surface area contributed by atoms with Crippen LogP contribution in [0.3, 0.4) is 0 Å². The number of carboxylic acid groups (broad SMARTS) is 2. The van der Waals surface area contributed by atoms with Gasteiger partial charge >= 0.3 is 11.9 Å². The Kier molecular flexibility index (Phi) is 3.33. The Morgan fingerprint density at radius 2 is 1.79 bits per heavy atom. The van der Waals surface area contributed by atoms with Crippen LogP contribution < -0.4 is 0 Å². The van der Waals surface area contributed by atoms with Gasteiger partial charge < -0.3 is 10.2 Å². The number of carbonyl (C=O) groups is 2. The van der Waals surface area contributed by atoms with Gasteiger partial charge in [-0.15, -0.1) is 5.10 Å². The molecule has 0 saturated heterocycles. The lowest BCUT2D eigenvalue weighted by molar-refractivity contribution is -0.150. The van der Waals surface area contributed by atoms with E-state index in [4.69, 9.17) is 10.2 Å². The average Bonchev–Trinajstić information content (AvgIpc) is 2.07. The Morgan fingerprint density at radius 1 is 1.21 bits per heavy atom. The van der Waals surface area contributed by atoms with Crippen LogP contribution in [0.4, 0.5) is 0 Å². The highest BCUT2D eigenvalue weighted by atomic mass is 127. The molecule has 1 heterocycles. The molecule has 74 valence electrons. The minimum absolute atomic E-state index is 0.0783. The predicted octanol–water partition coefficient (Wildman–Crippen LogP) is 0.334. The molecule has 0 aromatic carbocycles. The van der Waals surface area contributed by atoms with Crippen molar-refractivity contribution in [1.82, 2.24) is 10.2 Å². The van der Waals surface area contributed by atoms with E-state index in [1.54, 1.807) is 0 Å². The van der Waals surface area contributed by atoms with E-state index in [1.807, 2.05) is 22.6 Å².